The van der Waals surface area contributed by atoms with E-state index in [0.717, 1.165) is 17.4 Å². The lowest BCUT2D eigenvalue weighted by Crippen LogP contribution is -2.41. The maximum Gasteiger partial charge on any atom is 0.274 e. The van der Waals surface area contributed by atoms with E-state index < -0.39 is 11.6 Å². The van der Waals surface area contributed by atoms with Crippen LogP contribution in [0.15, 0.2) is 30.3 Å². The molecule has 30 heavy (non-hydrogen) atoms. The first kappa shape index (κ1) is 20.3. The van der Waals surface area contributed by atoms with Gasteiger partial charge in [0, 0.05) is 32.0 Å². The van der Waals surface area contributed by atoms with Crippen LogP contribution in [0.2, 0.25) is 0 Å². The second-order valence-corrected chi connectivity index (χ2v) is 7.86. The minimum Gasteiger partial charge on any atom is -0.493 e. The Kier molecular flexibility index (Phi) is 5.72. The van der Waals surface area contributed by atoms with E-state index in [1.807, 2.05) is 0 Å². The lowest BCUT2D eigenvalue weighted by molar-refractivity contribution is 0.0592. The highest BCUT2D eigenvalue weighted by atomic mass is 32.1. The van der Waals surface area contributed by atoms with Crippen LogP contribution in [0.5, 0.6) is 16.7 Å². The molecule has 9 heteroatoms. The molecule has 2 aromatic carbocycles. The molecule has 0 N–H and O–H groups in total. The summed E-state index contributed by atoms with van der Waals surface area (Å²) in [4.78, 5) is 18.8. The van der Waals surface area contributed by atoms with Crippen LogP contribution in [0, 0.1) is 11.6 Å². The van der Waals surface area contributed by atoms with Crippen molar-refractivity contribution in [2.45, 2.75) is 18.9 Å². The molecule has 0 unspecified atom stereocenters. The fourth-order valence-electron chi connectivity index (χ4n) is 3.53. The second kappa shape index (κ2) is 8.43. The van der Waals surface area contributed by atoms with E-state index in [4.69, 9.17) is 14.2 Å². The molecule has 1 aliphatic heterocycles. The zero-order valence-electron chi connectivity index (χ0n) is 16.5. The quantitative estimate of drug-likeness (QED) is 0.600. The number of fused-ring (bicyclic) bond motifs is 1. The van der Waals surface area contributed by atoms with Crippen molar-refractivity contribution >= 4 is 27.5 Å². The fraction of sp³-hybridized carbons (Fsp3) is 0.333. The molecule has 0 atom stereocenters. The van der Waals surface area contributed by atoms with Crippen LogP contribution >= 0.6 is 11.3 Å². The Morgan fingerprint density at radius 3 is 2.63 bits per heavy atom. The van der Waals surface area contributed by atoms with Crippen LogP contribution in [0.3, 0.4) is 0 Å². The van der Waals surface area contributed by atoms with Crippen LogP contribution in [0.25, 0.3) is 10.2 Å². The van der Waals surface area contributed by atoms with Gasteiger partial charge in [0.15, 0.2) is 17.3 Å². The van der Waals surface area contributed by atoms with Crippen molar-refractivity contribution in [2.24, 2.45) is 0 Å². The lowest BCUT2D eigenvalue weighted by atomic mass is 10.1. The summed E-state index contributed by atoms with van der Waals surface area (Å²) in [5.41, 5.74) is 0.550. The highest BCUT2D eigenvalue weighted by molar-refractivity contribution is 7.20. The third-order valence-electron chi connectivity index (χ3n) is 5.02. The number of rotatable bonds is 5. The van der Waals surface area contributed by atoms with E-state index in [1.54, 1.807) is 23.1 Å². The van der Waals surface area contributed by atoms with Gasteiger partial charge in [0.2, 0.25) is 0 Å². The molecule has 1 saturated heterocycles. The van der Waals surface area contributed by atoms with Gasteiger partial charge in [0.1, 0.15) is 17.4 Å². The van der Waals surface area contributed by atoms with Gasteiger partial charge >= 0.3 is 0 Å². The first-order chi connectivity index (χ1) is 14.5. The van der Waals surface area contributed by atoms with E-state index in [1.165, 1.54) is 20.3 Å². The molecule has 4 rings (SSSR count). The smallest absolute Gasteiger partial charge is 0.274 e. The van der Waals surface area contributed by atoms with Crippen molar-refractivity contribution in [2.75, 3.05) is 27.3 Å². The number of benzene rings is 2. The van der Waals surface area contributed by atoms with Gasteiger partial charge in [-0.3, -0.25) is 4.79 Å². The molecule has 0 saturated carbocycles. The molecule has 0 spiro atoms. The topological polar surface area (TPSA) is 60.9 Å². The van der Waals surface area contributed by atoms with Gasteiger partial charge in [-0.2, -0.15) is 4.98 Å². The lowest BCUT2D eigenvalue weighted by Gasteiger charge is -2.32. The van der Waals surface area contributed by atoms with Crippen molar-refractivity contribution < 1.29 is 27.8 Å². The van der Waals surface area contributed by atoms with Gasteiger partial charge in [0.25, 0.3) is 11.1 Å². The molecule has 158 valence electrons. The van der Waals surface area contributed by atoms with E-state index >= 15 is 0 Å². The Bertz CT molecular complexity index is 1080. The van der Waals surface area contributed by atoms with Gasteiger partial charge in [-0.05, 0) is 18.2 Å². The maximum atomic E-state index is 13.8. The van der Waals surface area contributed by atoms with Crippen molar-refractivity contribution in [3.05, 3.63) is 47.5 Å². The molecule has 1 aliphatic rings. The maximum absolute atomic E-state index is 13.8. The summed E-state index contributed by atoms with van der Waals surface area (Å²) in [6, 6.07) is 7.25. The number of ether oxygens (including phenoxy) is 3. The highest BCUT2D eigenvalue weighted by Crippen LogP contribution is 2.34. The van der Waals surface area contributed by atoms with Crippen molar-refractivity contribution in [1.82, 2.24) is 9.88 Å². The average molecular weight is 434 g/mol. The third-order valence-corrected chi connectivity index (χ3v) is 5.92. The number of aromatic nitrogens is 1. The number of nitrogens with zero attached hydrogens (tertiary/aromatic N) is 2. The normalized spacial score (nSPS) is 14.7. The summed E-state index contributed by atoms with van der Waals surface area (Å²) < 4.78 is 44.1. The minimum absolute atomic E-state index is 0.106. The minimum atomic E-state index is -0.705. The molecule has 6 nitrogen and oxygen atoms in total. The van der Waals surface area contributed by atoms with Crippen molar-refractivity contribution in [3.8, 4) is 16.7 Å². The Morgan fingerprint density at radius 1 is 1.17 bits per heavy atom. The van der Waals surface area contributed by atoms with Crippen LogP contribution in [-0.2, 0) is 0 Å². The number of halogens is 2. The van der Waals surface area contributed by atoms with Crippen LogP contribution in [0.4, 0.5) is 8.78 Å². The summed E-state index contributed by atoms with van der Waals surface area (Å²) in [5, 5.41) is 0.300. The summed E-state index contributed by atoms with van der Waals surface area (Å²) in [6.07, 6.45) is 1.05. The molecule has 1 amide bonds. The average Bonchev–Trinajstić information content (AvgIpc) is 3.15. The molecule has 0 bridgehead atoms. The van der Waals surface area contributed by atoms with Gasteiger partial charge in [-0.25, -0.2) is 8.78 Å². The zero-order valence-corrected chi connectivity index (χ0v) is 17.3. The monoisotopic (exact) mass is 434 g/mol. The van der Waals surface area contributed by atoms with E-state index in [9.17, 15) is 13.6 Å². The number of likely N-dealkylation sites (tertiary alicyclic amines) is 1. The van der Waals surface area contributed by atoms with E-state index in [0.29, 0.717) is 52.9 Å². The van der Waals surface area contributed by atoms with E-state index in [2.05, 4.69) is 4.98 Å². The first-order valence-corrected chi connectivity index (χ1v) is 10.2. The molecular weight excluding hydrogens is 414 g/mol. The number of carbonyl (C=O) groups is 1. The predicted octanol–water partition coefficient (Wildman–Crippen LogP) is 4.28. The Morgan fingerprint density at radius 2 is 1.93 bits per heavy atom. The molecular formula is C21H20F2N2O4S. The van der Waals surface area contributed by atoms with Gasteiger partial charge < -0.3 is 19.1 Å². The predicted molar refractivity (Wildman–Crippen MR) is 109 cm³/mol. The number of carbonyl (C=O) groups excluding carboxylic acids is 1. The molecule has 0 radical (unpaired) electrons. The first-order valence-electron chi connectivity index (χ1n) is 9.42. The van der Waals surface area contributed by atoms with Crippen LogP contribution in [-0.4, -0.2) is 49.2 Å². The summed E-state index contributed by atoms with van der Waals surface area (Å²) in [6.45, 7) is 0.996. The molecule has 2 heterocycles. The molecule has 3 aromatic rings. The number of methoxy groups -OCH3 is 2. The van der Waals surface area contributed by atoms with E-state index in [-0.39, 0.29) is 17.5 Å². The largest absolute Gasteiger partial charge is 0.493 e. The Hall–Kier alpha value is -2.94. The van der Waals surface area contributed by atoms with Crippen LogP contribution in [0.1, 0.15) is 23.2 Å². The third kappa shape index (κ3) is 3.89. The number of amides is 1. The molecule has 1 fully saturated rings. The number of hydrogen-bond donors (Lipinski definition) is 0. The zero-order chi connectivity index (χ0) is 21.3. The summed E-state index contributed by atoms with van der Waals surface area (Å²) in [5.74, 6) is -0.575. The summed E-state index contributed by atoms with van der Waals surface area (Å²) >= 11 is 1.11. The standard InChI is InChI=1S/C21H20F2N2O4S/c1-27-16-5-3-4-14(19(16)28-2)20(26)25-8-6-13(7-9-25)29-21-24-18-15(23)10-12(22)11-17(18)30-21/h3-5,10-11,13H,6-9H2,1-2H3. The van der Waals surface area contributed by atoms with Crippen molar-refractivity contribution in [3.63, 3.8) is 0 Å². The fourth-order valence-corrected chi connectivity index (χ4v) is 4.45. The Balaban J connectivity index is 1.42. The number of piperidine rings is 1. The van der Waals surface area contributed by atoms with Crippen molar-refractivity contribution in [1.29, 1.82) is 0 Å². The molecule has 1 aromatic heterocycles. The van der Waals surface area contributed by atoms with Crippen LogP contribution < -0.4 is 14.2 Å². The Labute approximate surface area is 176 Å². The SMILES string of the molecule is COc1cccc(C(=O)N2CCC(Oc3nc4c(F)cc(F)cc4s3)CC2)c1OC. The summed E-state index contributed by atoms with van der Waals surface area (Å²) in [7, 11) is 3.03. The van der Waals surface area contributed by atoms with Gasteiger partial charge in [0.05, 0.1) is 24.5 Å². The number of para-hydroxylation sites is 1. The van der Waals surface area contributed by atoms with Gasteiger partial charge in [-0.1, -0.05) is 17.4 Å². The second-order valence-electron chi connectivity index (χ2n) is 6.86. The molecule has 0 aliphatic carbocycles. The number of thiazole rings is 1. The van der Waals surface area contributed by atoms with Gasteiger partial charge in [-0.15, -0.1) is 0 Å². The highest BCUT2D eigenvalue weighted by Gasteiger charge is 2.28. The number of hydrogen-bond acceptors (Lipinski definition) is 6.